The predicted octanol–water partition coefficient (Wildman–Crippen LogP) is 4.06. The van der Waals surface area contributed by atoms with E-state index in [2.05, 4.69) is 15.0 Å². The monoisotopic (exact) mass is 489 g/mol. The average molecular weight is 490 g/mol. The zero-order valence-corrected chi connectivity index (χ0v) is 19.7. The van der Waals surface area contributed by atoms with E-state index in [-0.39, 0.29) is 18.2 Å². The molecule has 0 atom stereocenters. The second-order valence-corrected chi connectivity index (χ2v) is 9.43. The van der Waals surface area contributed by atoms with Gasteiger partial charge in [0.2, 0.25) is 12.0 Å². The van der Waals surface area contributed by atoms with E-state index < -0.39 is 5.91 Å². The number of benzene rings is 2. The van der Waals surface area contributed by atoms with Crippen LogP contribution in [-0.4, -0.2) is 51.9 Å². The van der Waals surface area contributed by atoms with Gasteiger partial charge in [-0.15, -0.1) is 5.10 Å². The van der Waals surface area contributed by atoms with Crippen LogP contribution in [0.25, 0.3) is 6.08 Å². The van der Waals surface area contributed by atoms with Crippen molar-refractivity contribution in [2.24, 2.45) is 10.1 Å². The lowest BCUT2D eigenvalue weighted by Gasteiger charge is -2.26. The Balaban J connectivity index is 1.13. The number of rotatable bonds is 4. The van der Waals surface area contributed by atoms with Crippen LogP contribution in [0.3, 0.4) is 0 Å². The smallest absolute Gasteiger partial charge is 0.283 e. The highest BCUT2D eigenvalue weighted by molar-refractivity contribution is 8.26. The minimum absolute atomic E-state index is 0.0441. The van der Waals surface area contributed by atoms with Gasteiger partial charge in [0.15, 0.2) is 22.5 Å². The summed E-state index contributed by atoms with van der Waals surface area (Å²) in [6.45, 7) is 2.52. The van der Waals surface area contributed by atoms with Crippen molar-refractivity contribution in [1.82, 2.24) is 9.91 Å². The van der Waals surface area contributed by atoms with E-state index in [0.717, 1.165) is 53.7 Å². The number of thioether (sulfide) groups is 1. The highest BCUT2D eigenvalue weighted by Gasteiger charge is 2.37. The highest BCUT2D eigenvalue weighted by atomic mass is 32.2. The average Bonchev–Trinajstić information content (AvgIpc) is 3.53. The molecule has 0 radical (unpaired) electrons. The largest absolute Gasteiger partial charge is 0.489 e. The maximum absolute atomic E-state index is 12.7. The summed E-state index contributed by atoms with van der Waals surface area (Å²) in [7, 11) is 0. The Kier molecular flexibility index (Phi) is 5.65. The van der Waals surface area contributed by atoms with Crippen LogP contribution in [-0.2, 0) is 11.4 Å². The molecule has 178 valence electrons. The second-order valence-electron chi connectivity index (χ2n) is 8.50. The molecular weight excluding hydrogens is 466 g/mol. The zero-order valence-electron chi connectivity index (χ0n) is 18.9. The molecule has 1 N–H and O–H groups in total. The lowest BCUT2D eigenvalue weighted by atomic mass is 10.1. The minimum atomic E-state index is -0.424. The molecule has 4 aliphatic heterocycles. The van der Waals surface area contributed by atoms with E-state index >= 15 is 0 Å². The van der Waals surface area contributed by atoms with Gasteiger partial charge in [-0.3, -0.25) is 10.2 Å². The fourth-order valence-electron chi connectivity index (χ4n) is 4.22. The lowest BCUT2D eigenvalue weighted by molar-refractivity contribution is -0.114. The summed E-state index contributed by atoms with van der Waals surface area (Å²) in [5, 5.41) is 15.9. The molecule has 0 spiro atoms. The third-order valence-corrected chi connectivity index (χ3v) is 7.07. The van der Waals surface area contributed by atoms with Gasteiger partial charge in [-0.05, 0) is 72.5 Å². The number of hydrogen-bond donors (Lipinski definition) is 1. The summed E-state index contributed by atoms with van der Waals surface area (Å²) in [6, 6.07) is 13.1. The van der Waals surface area contributed by atoms with E-state index in [9.17, 15) is 4.79 Å². The first-order chi connectivity index (χ1) is 17.1. The van der Waals surface area contributed by atoms with Crippen LogP contribution in [0.4, 0.5) is 0 Å². The van der Waals surface area contributed by atoms with Crippen molar-refractivity contribution in [1.29, 1.82) is 5.41 Å². The molecule has 6 rings (SSSR count). The SMILES string of the molecule is N=C1/C(=C/c2ccc(OCc3ccc4c(c3)OCO4)cc2)C(=O)N=C2SC(N3CCCCC3)=NN12. The summed E-state index contributed by atoms with van der Waals surface area (Å²) in [5.41, 5.74) is 1.97. The van der Waals surface area contributed by atoms with Crippen molar-refractivity contribution in [3.05, 3.63) is 59.2 Å². The normalized spacial score (nSPS) is 20.2. The van der Waals surface area contributed by atoms with Crippen LogP contribution >= 0.6 is 11.8 Å². The van der Waals surface area contributed by atoms with E-state index in [4.69, 9.17) is 19.6 Å². The van der Waals surface area contributed by atoms with Gasteiger partial charge in [0.1, 0.15) is 12.4 Å². The Bertz CT molecular complexity index is 1280. The van der Waals surface area contributed by atoms with Crippen molar-refractivity contribution in [2.75, 3.05) is 19.9 Å². The van der Waals surface area contributed by atoms with Crippen LogP contribution in [0.2, 0.25) is 0 Å². The topological polar surface area (TPSA) is 99.8 Å². The third-order valence-electron chi connectivity index (χ3n) is 6.10. The number of amidine groups is 3. The first kappa shape index (κ1) is 21.7. The number of amides is 1. The van der Waals surface area contributed by atoms with Crippen LogP contribution in [0.15, 0.2) is 58.1 Å². The van der Waals surface area contributed by atoms with Crippen molar-refractivity contribution in [2.45, 2.75) is 25.9 Å². The molecule has 4 aliphatic rings. The third kappa shape index (κ3) is 4.37. The minimum Gasteiger partial charge on any atom is -0.489 e. The molecule has 1 fully saturated rings. The van der Waals surface area contributed by atoms with E-state index in [1.807, 2.05) is 42.5 Å². The molecule has 0 unspecified atom stereocenters. The molecular formula is C25H23N5O4S. The molecule has 1 amide bonds. The number of aliphatic imine (C=N–C) groups is 1. The van der Waals surface area contributed by atoms with Crippen LogP contribution in [0.1, 0.15) is 30.4 Å². The molecule has 9 nitrogen and oxygen atoms in total. The Morgan fingerprint density at radius 2 is 1.83 bits per heavy atom. The molecule has 2 aromatic rings. The summed E-state index contributed by atoms with van der Waals surface area (Å²) < 4.78 is 16.6. The van der Waals surface area contributed by atoms with Gasteiger partial charge in [0.05, 0.1) is 5.57 Å². The van der Waals surface area contributed by atoms with Gasteiger partial charge in [-0.2, -0.15) is 10.0 Å². The highest BCUT2D eigenvalue weighted by Crippen LogP contribution is 2.33. The zero-order chi connectivity index (χ0) is 23.8. The Labute approximate surface area is 206 Å². The maximum atomic E-state index is 12.7. The summed E-state index contributed by atoms with van der Waals surface area (Å²) in [5.74, 6) is 1.78. The molecule has 0 bridgehead atoms. The number of nitrogens with one attached hydrogen (secondary N) is 1. The van der Waals surface area contributed by atoms with Crippen LogP contribution in [0.5, 0.6) is 17.2 Å². The number of likely N-dealkylation sites (tertiary alicyclic amines) is 1. The van der Waals surface area contributed by atoms with Crippen molar-refractivity contribution >= 4 is 39.9 Å². The van der Waals surface area contributed by atoms with Gasteiger partial charge in [-0.1, -0.05) is 18.2 Å². The molecule has 0 aromatic heterocycles. The number of hydrazone groups is 1. The number of hydrogen-bond acceptors (Lipinski definition) is 8. The van der Waals surface area contributed by atoms with Crippen LogP contribution in [0, 0.1) is 5.41 Å². The van der Waals surface area contributed by atoms with Gasteiger partial charge in [0.25, 0.3) is 5.91 Å². The number of ether oxygens (including phenoxy) is 3. The number of piperidine rings is 1. The second kappa shape index (κ2) is 9.10. The maximum Gasteiger partial charge on any atom is 0.283 e. The number of carbonyl (C=O) groups excluding carboxylic acids is 1. The Hall–Kier alpha value is -3.79. The number of fused-ring (bicyclic) bond motifs is 2. The van der Waals surface area contributed by atoms with Crippen molar-refractivity contribution < 1.29 is 19.0 Å². The summed E-state index contributed by atoms with van der Waals surface area (Å²) in [6.07, 6.45) is 5.15. The molecule has 1 saturated heterocycles. The Morgan fingerprint density at radius 3 is 2.66 bits per heavy atom. The fourth-order valence-corrected chi connectivity index (χ4v) is 5.16. The molecule has 0 saturated carbocycles. The van der Waals surface area contributed by atoms with Gasteiger partial charge in [0, 0.05) is 13.1 Å². The van der Waals surface area contributed by atoms with E-state index in [0.29, 0.717) is 17.5 Å². The number of carbonyl (C=O) groups is 1. The van der Waals surface area contributed by atoms with Gasteiger partial charge in [-0.25, -0.2) is 0 Å². The van der Waals surface area contributed by atoms with Crippen molar-refractivity contribution in [3.63, 3.8) is 0 Å². The van der Waals surface area contributed by atoms with Crippen molar-refractivity contribution in [3.8, 4) is 17.2 Å². The quantitative estimate of drug-likeness (QED) is 0.647. The standard InChI is InChI=1S/C25H23N5O4S/c26-22-19(23(31)27-24-30(22)28-25(35-24)29-10-2-1-3-11-29)12-16-4-7-18(8-5-16)32-14-17-6-9-20-21(13-17)34-15-33-20/h4-9,12-13,26H,1-3,10-11,14-15H2/b19-12-,26-22?. The molecule has 2 aromatic carbocycles. The van der Waals surface area contributed by atoms with Crippen LogP contribution < -0.4 is 14.2 Å². The summed E-state index contributed by atoms with van der Waals surface area (Å²) >= 11 is 1.36. The molecule has 0 aliphatic carbocycles. The van der Waals surface area contributed by atoms with E-state index in [1.54, 1.807) is 6.08 Å². The molecule has 10 heteroatoms. The summed E-state index contributed by atoms with van der Waals surface area (Å²) in [4.78, 5) is 19.1. The molecule has 35 heavy (non-hydrogen) atoms. The van der Waals surface area contributed by atoms with Gasteiger partial charge < -0.3 is 19.1 Å². The molecule has 4 heterocycles. The fraction of sp³-hybridized carbons (Fsp3) is 0.280. The lowest BCUT2D eigenvalue weighted by Crippen LogP contribution is -2.35. The van der Waals surface area contributed by atoms with Gasteiger partial charge >= 0.3 is 0 Å². The predicted molar refractivity (Wildman–Crippen MR) is 134 cm³/mol. The Morgan fingerprint density at radius 1 is 1.03 bits per heavy atom. The first-order valence-corrected chi connectivity index (χ1v) is 12.3. The number of nitrogens with zero attached hydrogens (tertiary/aromatic N) is 4. The first-order valence-electron chi connectivity index (χ1n) is 11.5. The van der Waals surface area contributed by atoms with E-state index in [1.165, 1.54) is 23.2 Å².